The SMILES string of the molecule is COc1ccccc1C=C1SC(=S)N(CNc2cc(C)ccc2C)C1=O. The molecule has 1 N–H and O–H groups in total. The van der Waals surface area contributed by atoms with E-state index in [0.29, 0.717) is 15.9 Å². The summed E-state index contributed by atoms with van der Waals surface area (Å²) in [4.78, 5) is 14.9. The maximum absolute atomic E-state index is 12.8. The van der Waals surface area contributed by atoms with Crippen LogP contribution in [-0.4, -0.2) is 28.9 Å². The second-order valence-corrected chi connectivity index (χ2v) is 7.68. The Morgan fingerprint density at radius 1 is 1.23 bits per heavy atom. The second-order valence-electron chi connectivity index (χ2n) is 6.00. The molecule has 1 fully saturated rings. The van der Waals surface area contributed by atoms with Crippen molar-refractivity contribution in [2.24, 2.45) is 0 Å². The fourth-order valence-corrected chi connectivity index (χ4v) is 3.90. The zero-order chi connectivity index (χ0) is 18.7. The number of nitrogens with zero attached hydrogens (tertiary/aromatic N) is 1. The van der Waals surface area contributed by atoms with Gasteiger partial charge in [0.15, 0.2) is 0 Å². The summed E-state index contributed by atoms with van der Waals surface area (Å²) >= 11 is 6.71. The molecule has 4 nitrogen and oxygen atoms in total. The first-order valence-corrected chi connectivity index (χ1v) is 9.41. The lowest BCUT2D eigenvalue weighted by Gasteiger charge is -2.17. The first-order chi connectivity index (χ1) is 12.5. The smallest absolute Gasteiger partial charge is 0.267 e. The molecule has 1 aliphatic heterocycles. The summed E-state index contributed by atoms with van der Waals surface area (Å²) < 4.78 is 5.90. The molecule has 0 atom stereocenters. The molecule has 1 amide bonds. The van der Waals surface area contributed by atoms with Crippen LogP contribution < -0.4 is 10.1 Å². The average Bonchev–Trinajstić information content (AvgIpc) is 2.89. The van der Waals surface area contributed by atoms with Crippen LogP contribution >= 0.6 is 24.0 Å². The molecule has 2 aromatic rings. The molecule has 0 spiro atoms. The summed E-state index contributed by atoms with van der Waals surface area (Å²) in [7, 11) is 1.62. The Bertz CT molecular complexity index is 893. The van der Waals surface area contributed by atoms with Crippen molar-refractivity contribution in [2.75, 3.05) is 19.1 Å². The molecular weight excluding hydrogens is 364 g/mol. The predicted molar refractivity (Wildman–Crippen MR) is 112 cm³/mol. The van der Waals surface area contributed by atoms with Gasteiger partial charge in [-0.05, 0) is 43.2 Å². The van der Waals surface area contributed by atoms with Gasteiger partial charge in [-0.15, -0.1) is 0 Å². The number of methoxy groups -OCH3 is 1. The lowest BCUT2D eigenvalue weighted by Crippen LogP contribution is -2.33. The van der Waals surface area contributed by atoms with E-state index in [4.69, 9.17) is 17.0 Å². The van der Waals surface area contributed by atoms with Gasteiger partial charge in [0.25, 0.3) is 5.91 Å². The molecule has 2 aromatic carbocycles. The van der Waals surface area contributed by atoms with E-state index < -0.39 is 0 Å². The number of carbonyl (C=O) groups excluding carboxylic acids is 1. The van der Waals surface area contributed by atoms with E-state index in [9.17, 15) is 4.79 Å². The van der Waals surface area contributed by atoms with Gasteiger partial charge in [-0.1, -0.05) is 54.3 Å². The lowest BCUT2D eigenvalue weighted by atomic mass is 10.1. The number of thiocarbonyl (C=S) groups is 1. The number of nitrogens with one attached hydrogen (secondary N) is 1. The lowest BCUT2D eigenvalue weighted by molar-refractivity contribution is -0.121. The van der Waals surface area contributed by atoms with E-state index in [1.165, 1.54) is 17.3 Å². The molecule has 0 aromatic heterocycles. The zero-order valence-corrected chi connectivity index (χ0v) is 16.5. The molecule has 134 valence electrons. The van der Waals surface area contributed by atoms with E-state index >= 15 is 0 Å². The number of anilines is 1. The van der Waals surface area contributed by atoms with Crippen LogP contribution in [0.5, 0.6) is 5.75 Å². The maximum atomic E-state index is 12.8. The number of aryl methyl sites for hydroxylation is 2. The predicted octanol–water partition coefficient (Wildman–Crippen LogP) is 4.58. The van der Waals surface area contributed by atoms with Gasteiger partial charge in [-0.2, -0.15) is 0 Å². The number of hydrogen-bond acceptors (Lipinski definition) is 5. The Morgan fingerprint density at radius 3 is 2.77 bits per heavy atom. The number of benzene rings is 2. The topological polar surface area (TPSA) is 41.6 Å². The van der Waals surface area contributed by atoms with Crippen LogP contribution in [0.1, 0.15) is 16.7 Å². The number of hydrogen-bond donors (Lipinski definition) is 1. The van der Waals surface area contributed by atoms with E-state index in [1.807, 2.05) is 44.2 Å². The van der Waals surface area contributed by atoms with Crippen LogP contribution in [0, 0.1) is 13.8 Å². The largest absolute Gasteiger partial charge is 0.496 e. The van der Waals surface area contributed by atoms with Crippen molar-refractivity contribution in [1.29, 1.82) is 0 Å². The Kier molecular flexibility index (Phi) is 5.64. The number of amides is 1. The summed E-state index contributed by atoms with van der Waals surface area (Å²) in [6, 6.07) is 13.8. The van der Waals surface area contributed by atoms with Gasteiger partial charge >= 0.3 is 0 Å². The molecule has 0 saturated carbocycles. The maximum Gasteiger partial charge on any atom is 0.267 e. The Morgan fingerprint density at radius 2 is 2.00 bits per heavy atom. The Labute approximate surface area is 163 Å². The quantitative estimate of drug-likeness (QED) is 0.603. The molecule has 0 radical (unpaired) electrons. The van der Waals surface area contributed by atoms with Crippen molar-refractivity contribution in [2.45, 2.75) is 13.8 Å². The highest BCUT2D eigenvalue weighted by molar-refractivity contribution is 8.26. The normalized spacial score (nSPS) is 15.7. The first-order valence-electron chi connectivity index (χ1n) is 8.19. The van der Waals surface area contributed by atoms with Crippen LogP contribution in [0.4, 0.5) is 5.69 Å². The summed E-state index contributed by atoms with van der Waals surface area (Å²) in [5.74, 6) is 0.634. The fourth-order valence-electron chi connectivity index (χ4n) is 2.65. The number of para-hydroxylation sites is 1. The molecule has 1 heterocycles. The van der Waals surface area contributed by atoms with E-state index in [1.54, 1.807) is 12.0 Å². The van der Waals surface area contributed by atoms with Crippen molar-refractivity contribution in [3.8, 4) is 5.75 Å². The van der Waals surface area contributed by atoms with Gasteiger partial charge in [0.2, 0.25) is 0 Å². The monoisotopic (exact) mass is 384 g/mol. The van der Waals surface area contributed by atoms with Gasteiger partial charge < -0.3 is 10.1 Å². The standard InChI is InChI=1S/C20H20N2O2S2/c1-13-8-9-14(2)16(10-13)21-12-22-19(23)18(26-20(22)25)11-15-6-4-5-7-17(15)24-3/h4-11,21H,12H2,1-3H3. The van der Waals surface area contributed by atoms with Crippen molar-refractivity contribution in [1.82, 2.24) is 4.90 Å². The molecule has 0 unspecified atom stereocenters. The van der Waals surface area contributed by atoms with Gasteiger partial charge in [0, 0.05) is 11.3 Å². The number of thioether (sulfide) groups is 1. The van der Waals surface area contributed by atoms with E-state index in [2.05, 4.69) is 23.5 Å². The highest BCUT2D eigenvalue weighted by Gasteiger charge is 2.32. The minimum absolute atomic E-state index is 0.0938. The summed E-state index contributed by atoms with van der Waals surface area (Å²) in [6.07, 6.45) is 1.83. The third kappa shape index (κ3) is 3.92. The van der Waals surface area contributed by atoms with Crippen LogP contribution in [-0.2, 0) is 4.79 Å². The second kappa shape index (κ2) is 7.93. The molecule has 0 bridgehead atoms. The van der Waals surface area contributed by atoms with Crippen molar-refractivity contribution in [3.63, 3.8) is 0 Å². The molecule has 1 saturated heterocycles. The zero-order valence-electron chi connectivity index (χ0n) is 14.9. The number of ether oxygens (including phenoxy) is 1. The number of carbonyl (C=O) groups is 1. The Hall–Kier alpha value is -2.31. The molecular formula is C20H20N2O2S2. The summed E-state index contributed by atoms with van der Waals surface area (Å²) in [5, 5.41) is 3.32. The Balaban J connectivity index is 1.77. The molecule has 26 heavy (non-hydrogen) atoms. The average molecular weight is 385 g/mol. The van der Waals surface area contributed by atoms with Crippen LogP contribution in [0.2, 0.25) is 0 Å². The third-order valence-corrected chi connectivity index (χ3v) is 5.50. The van der Waals surface area contributed by atoms with Crippen LogP contribution in [0.25, 0.3) is 6.08 Å². The minimum atomic E-state index is -0.0938. The molecule has 1 aliphatic rings. The highest BCUT2D eigenvalue weighted by atomic mass is 32.2. The highest BCUT2D eigenvalue weighted by Crippen LogP contribution is 2.34. The fraction of sp³-hybridized carbons (Fsp3) is 0.200. The van der Waals surface area contributed by atoms with Crippen molar-refractivity contribution >= 4 is 46.0 Å². The van der Waals surface area contributed by atoms with Crippen LogP contribution in [0.15, 0.2) is 47.4 Å². The van der Waals surface area contributed by atoms with E-state index in [0.717, 1.165) is 22.6 Å². The van der Waals surface area contributed by atoms with Gasteiger partial charge in [-0.25, -0.2) is 0 Å². The van der Waals surface area contributed by atoms with Gasteiger partial charge in [0.1, 0.15) is 10.1 Å². The molecule has 6 heteroatoms. The third-order valence-electron chi connectivity index (χ3n) is 4.12. The van der Waals surface area contributed by atoms with Gasteiger partial charge in [-0.3, -0.25) is 9.69 Å². The van der Waals surface area contributed by atoms with Gasteiger partial charge in [0.05, 0.1) is 18.7 Å². The van der Waals surface area contributed by atoms with Crippen LogP contribution in [0.3, 0.4) is 0 Å². The molecule has 0 aliphatic carbocycles. The van der Waals surface area contributed by atoms with Crippen molar-refractivity contribution < 1.29 is 9.53 Å². The summed E-state index contributed by atoms with van der Waals surface area (Å²) in [6.45, 7) is 4.42. The summed E-state index contributed by atoms with van der Waals surface area (Å²) in [5.41, 5.74) is 4.16. The molecule has 3 rings (SSSR count). The van der Waals surface area contributed by atoms with Crippen molar-refractivity contribution in [3.05, 3.63) is 64.1 Å². The minimum Gasteiger partial charge on any atom is -0.496 e. The first kappa shape index (κ1) is 18.5. The van der Waals surface area contributed by atoms with E-state index in [-0.39, 0.29) is 5.91 Å². The number of rotatable bonds is 5.